The molecule has 0 fully saturated rings. The van der Waals surface area contributed by atoms with Crippen molar-refractivity contribution >= 4 is 0 Å². The maximum atomic E-state index is 4.96. The summed E-state index contributed by atoms with van der Waals surface area (Å²) >= 11 is 0. The van der Waals surface area contributed by atoms with Gasteiger partial charge in [0.25, 0.3) is 0 Å². The Labute approximate surface area is 104 Å². The fraction of sp³-hybridized carbons (Fsp3) is 0.615. The van der Waals surface area contributed by atoms with Crippen LogP contribution in [0.5, 0.6) is 0 Å². The fourth-order valence-electron chi connectivity index (χ4n) is 1.57. The van der Waals surface area contributed by atoms with Crippen LogP contribution in [-0.4, -0.2) is 38.3 Å². The Kier molecular flexibility index (Phi) is 7.54. The summed E-state index contributed by atoms with van der Waals surface area (Å²) < 4.78 is 4.96. The second kappa shape index (κ2) is 9.10. The Bertz CT molecular complexity index is 304. The van der Waals surface area contributed by atoms with Gasteiger partial charge in [0.1, 0.15) is 0 Å². The predicted molar refractivity (Wildman–Crippen MR) is 70.0 cm³/mol. The predicted octanol–water partition coefficient (Wildman–Crippen LogP) is 1.11. The molecule has 0 saturated carbocycles. The van der Waals surface area contributed by atoms with Crippen molar-refractivity contribution in [1.82, 2.24) is 15.6 Å². The van der Waals surface area contributed by atoms with Gasteiger partial charge in [-0.15, -0.1) is 0 Å². The van der Waals surface area contributed by atoms with Gasteiger partial charge in [-0.1, -0.05) is 6.07 Å². The molecule has 0 bridgehead atoms. The molecule has 0 radical (unpaired) electrons. The lowest BCUT2D eigenvalue weighted by Gasteiger charge is -2.07. The molecule has 1 aromatic rings. The number of hydrogen-bond acceptors (Lipinski definition) is 4. The van der Waals surface area contributed by atoms with Crippen LogP contribution in [0.2, 0.25) is 0 Å². The molecule has 0 amide bonds. The zero-order chi connectivity index (χ0) is 12.3. The number of hydrogen-bond donors (Lipinski definition) is 2. The normalized spacial score (nSPS) is 10.7. The van der Waals surface area contributed by atoms with E-state index >= 15 is 0 Å². The molecule has 96 valence electrons. The molecular formula is C13H23N3O. The van der Waals surface area contributed by atoms with E-state index in [1.807, 2.05) is 19.2 Å². The van der Waals surface area contributed by atoms with Gasteiger partial charge in [-0.3, -0.25) is 4.98 Å². The van der Waals surface area contributed by atoms with Gasteiger partial charge < -0.3 is 15.4 Å². The summed E-state index contributed by atoms with van der Waals surface area (Å²) in [7, 11) is 1.72. The molecule has 4 nitrogen and oxygen atoms in total. The summed E-state index contributed by atoms with van der Waals surface area (Å²) in [6, 6.07) is 4.10. The summed E-state index contributed by atoms with van der Waals surface area (Å²) in [5, 5.41) is 6.74. The zero-order valence-corrected chi connectivity index (χ0v) is 10.8. The zero-order valence-electron chi connectivity index (χ0n) is 10.8. The van der Waals surface area contributed by atoms with Crippen LogP contribution >= 0.6 is 0 Å². The van der Waals surface area contributed by atoms with Crippen LogP contribution in [0.25, 0.3) is 0 Å². The first-order valence-corrected chi connectivity index (χ1v) is 6.15. The maximum Gasteiger partial charge on any atom is 0.0587 e. The molecule has 0 aliphatic rings. The molecule has 0 spiro atoms. The van der Waals surface area contributed by atoms with Crippen LogP contribution in [0.3, 0.4) is 0 Å². The quantitative estimate of drug-likeness (QED) is 0.632. The van der Waals surface area contributed by atoms with Crippen molar-refractivity contribution in [3.63, 3.8) is 0 Å². The fourth-order valence-corrected chi connectivity index (χ4v) is 1.57. The van der Waals surface area contributed by atoms with Crippen molar-refractivity contribution in [3.8, 4) is 0 Å². The topological polar surface area (TPSA) is 46.2 Å². The standard InChI is InChI=1S/C13H23N3O/c1-12-13(5-3-8-16-12)11-15-7-4-6-14-9-10-17-2/h3,5,8,14-15H,4,6-7,9-11H2,1-2H3. The minimum absolute atomic E-state index is 0.780. The molecule has 17 heavy (non-hydrogen) atoms. The van der Waals surface area contributed by atoms with Gasteiger partial charge in [0.2, 0.25) is 0 Å². The summed E-state index contributed by atoms with van der Waals surface area (Å²) in [6.07, 6.45) is 2.96. The smallest absolute Gasteiger partial charge is 0.0587 e. The van der Waals surface area contributed by atoms with Gasteiger partial charge >= 0.3 is 0 Å². The molecule has 1 rings (SSSR count). The summed E-state index contributed by atoms with van der Waals surface area (Å²) in [5.74, 6) is 0. The third kappa shape index (κ3) is 6.36. The molecule has 0 aliphatic heterocycles. The molecule has 0 unspecified atom stereocenters. The van der Waals surface area contributed by atoms with Crippen molar-refractivity contribution in [2.45, 2.75) is 19.9 Å². The van der Waals surface area contributed by atoms with E-state index in [9.17, 15) is 0 Å². The molecule has 1 aromatic heterocycles. The number of rotatable bonds is 9. The van der Waals surface area contributed by atoms with Gasteiger partial charge in [-0.05, 0) is 38.1 Å². The van der Waals surface area contributed by atoms with Crippen molar-refractivity contribution in [2.24, 2.45) is 0 Å². The lowest BCUT2D eigenvalue weighted by molar-refractivity contribution is 0.199. The van der Waals surface area contributed by atoms with Crippen LogP contribution in [0, 0.1) is 6.92 Å². The Hall–Kier alpha value is -0.970. The van der Waals surface area contributed by atoms with E-state index < -0.39 is 0 Å². The second-order valence-electron chi connectivity index (χ2n) is 4.02. The van der Waals surface area contributed by atoms with E-state index in [1.54, 1.807) is 7.11 Å². The number of methoxy groups -OCH3 is 1. The molecule has 0 atom stereocenters. The van der Waals surface area contributed by atoms with Crippen LogP contribution in [-0.2, 0) is 11.3 Å². The van der Waals surface area contributed by atoms with E-state index in [-0.39, 0.29) is 0 Å². The molecule has 2 N–H and O–H groups in total. The molecule has 4 heteroatoms. The Morgan fingerprint density at radius 2 is 2.06 bits per heavy atom. The Balaban J connectivity index is 1.99. The van der Waals surface area contributed by atoms with Gasteiger partial charge in [-0.25, -0.2) is 0 Å². The van der Waals surface area contributed by atoms with E-state index in [0.717, 1.165) is 44.9 Å². The average Bonchev–Trinajstić information content (AvgIpc) is 2.35. The van der Waals surface area contributed by atoms with Crippen LogP contribution < -0.4 is 10.6 Å². The van der Waals surface area contributed by atoms with Crippen molar-refractivity contribution in [2.75, 3.05) is 33.4 Å². The first-order valence-electron chi connectivity index (χ1n) is 6.15. The number of ether oxygens (including phenoxy) is 1. The van der Waals surface area contributed by atoms with Gasteiger partial charge in [0.15, 0.2) is 0 Å². The second-order valence-corrected chi connectivity index (χ2v) is 4.02. The van der Waals surface area contributed by atoms with E-state index in [2.05, 4.69) is 21.7 Å². The largest absolute Gasteiger partial charge is 0.383 e. The van der Waals surface area contributed by atoms with Crippen molar-refractivity contribution in [3.05, 3.63) is 29.6 Å². The van der Waals surface area contributed by atoms with E-state index in [1.165, 1.54) is 5.56 Å². The highest BCUT2D eigenvalue weighted by Gasteiger charge is 1.96. The molecule has 0 aliphatic carbocycles. The Morgan fingerprint density at radius 3 is 2.82 bits per heavy atom. The third-order valence-corrected chi connectivity index (χ3v) is 2.62. The van der Waals surface area contributed by atoms with Crippen LogP contribution in [0.4, 0.5) is 0 Å². The van der Waals surface area contributed by atoms with E-state index in [4.69, 9.17) is 4.74 Å². The lowest BCUT2D eigenvalue weighted by Crippen LogP contribution is -2.24. The van der Waals surface area contributed by atoms with Crippen LogP contribution in [0.1, 0.15) is 17.7 Å². The van der Waals surface area contributed by atoms with Gasteiger partial charge in [0, 0.05) is 32.1 Å². The lowest BCUT2D eigenvalue weighted by atomic mass is 10.2. The highest BCUT2D eigenvalue weighted by atomic mass is 16.5. The minimum atomic E-state index is 0.780. The van der Waals surface area contributed by atoms with Crippen LogP contribution in [0.15, 0.2) is 18.3 Å². The van der Waals surface area contributed by atoms with Crippen molar-refractivity contribution in [1.29, 1.82) is 0 Å². The highest BCUT2D eigenvalue weighted by molar-refractivity contribution is 5.17. The monoisotopic (exact) mass is 237 g/mol. The minimum Gasteiger partial charge on any atom is -0.383 e. The first kappa shape index (κ1) is 14.1. The Morgan fingerprint density at radius 1 is 1.24 bits per heavy atom. The third-order valence-electron chi connectivity index (χ3n) is 2.62. The average molecular weight is 237 g/mol. The van der Waals surface area contributed by atoms with E-state index in [0.29, 0.717) is 0 Å². The molecule has 1 heterocycles. The summed E-state index contributed by atoms with van der Waals surface area (Å²) in [6.45, 7) is 6.71. The first-order chi connectivity index (χ1) is 8.34. The summed E-state index contributed by atoms with van der Waals surface area (Å²) in [4.78, 5) is 4.26. The number of aromatic nitrogens is 1. The summed E-state index contributed by atoms with van der Waals surface area (Å²) in [5.41, 5.74) is 2.39. The van der Waals surface area contributed by atoms with Gasteiger partial charge in [0.05, 0.1) is 6.61 Å². The SMILES string of the molecule is COCCNCCCNCc1cccnc1C. The number of nitrogens with zero attached hydrogens (tertiary/aromatic N) is 1. The number of pyridine rings is 1. The van der Waals surface area contributed by atoms with Gasteiger partial charge in [-0.2, -0.15) is 0 Å². The molecule has 0 aromatic carbocycles. The highest BCUT2D eigenvalue weighted by Crippen LogP contribution is 2.02. The molecule has 0 saturated heterocycles. The number of nitrogens with one attached hydrogen (secondary N) is 2. The maximum absolute atomic E-state index is 4.96. The molecular weight excluding hydrogens is 214 g/mol. The number of aryl methyl sites for hydroxylation is 1. The van der Waals surface area contributed by atoms with Crippen molar-refractivity contribution < 1.29 is 4.74 Å².